The van der Waals surface area contributed by atoms with Crippen LogP contribution in [0.4, 0.5) is 5.69 Å². The highest BCUT2D eigenvalue weighted by Gasteiger charge is 2.17. The molecule has 0 saturated carbocycles. The van der Waals surface area contributed by atoms with Gasteiger partial charge in [0.2, 0.25) is 5.91 Å². The summed E-state index contributed by atoms with van der Waals surface area (Å²) >= 11 is 0. The first-order valence-corrected chi connectivity index (χ1v) is 12.6. The van der Waals surface area contributed by atoms with E-state index in [-0.39, 0.29) is 12.3 Å². The van der Waals surface area contributed by atoms with Gasteiger partial charge in [0.25, 0.3) is 0 Å². The van der Waals surface area contributed by atoms with E-state index in [9.17, 15) is 4.79 Å². The summed E-state index contributed by atoms with van der Waals surface area (Å²) in [4.78, 5) is 38.5. The number of amides is 1. The van der Waals surface area contributed by atoms with Crippen molar-refractivity contribution in [2.75, 3.05) is 5.32 Å². The maximum atomic E-state index is 12.6. The molecule has 194 valence electrons. The number of hydrogen-bond donors (Lipinski definition) is 3. The zero-order chi connectivity index (χ0) is 27.1. The molecule has 0 fully saturated rings. The lowest BCUT2D eigenvalue weighted by Crippen LogP contribution is -2.14. The molecule has 0 aliphatic carbocycles. The third kappa shape index (κ3) is 4.35. The van der Waals surface area contributed by atoms with Gasteiger partial charge in [-0.05, 0) is 30.7 Å². The highest BCUT2D eigenvalue weighted by molar-refractivity contribution is 5.96. The molecule has 7 aromatic rings. The van der Waals surface area contributed by atoms with Gasteiger partial charge in [0.05, 0.1) is 46.9 Å². The summed E-state index contributed by atoms with van der Waals surface area (Å²) in [6.45, 7) is 1.93. The Hall–Kier alpha value is -5.71. The maximum absolute atomic E-state index is 12.6. The summed E-state index contributed by atoms with van der Waals surface area (Å²) in [5.74, 6) is 1.17. The SMILES string of the molecule is Cc1cn(-c2nccc3[nH]c(-c4n[nH]c5cnc(-c6cncc(NC(=O)Cc7ccccc7)c6)cc45)nc23)cn1. The molecule has 3 N–H and O–H groups in total. The van der Waals surface area contributed by atoms with Crippen LogP contribution >= 0.6 is 0 Å². The zero-order valence-corrected chi connectivity index (χ0v) is 21.3. The van der Waals surface area contributed by atoms with E-state index in [0.717, 1.165) is 33.2 Å². The first-order chi connectivity index (χ1) is 19.6. The van der Waals surface area contributed by atoms with Gasteiger partial charge in [-0.15, -0.1) is 0 Å². The number of anilines is 1. The summed E-state index contributed by atoms with van der Waals surface area (Å²) < 4.78 is 1.85. The molecule has 1 amide bonds. The largest absolute Gasteiger partial charge is 0.336 e. The monoisotopic (exact) mass is 526 g/mol. The number of nitrogens with zero attached hydrogens (tertiary/aromatic N) is 7. The van der Waals surface area contributed by atoms with E-state index in [2.05, 4.69) is 40.4 Å². The molecule has 0 radical (unpaired) electrons. The van der Waals surface area contributed by atoms with Crippen molar-refractivity contribution >= 4 is 33.5 Å². The lowest BCUT2D eigenvalue weighted by molar-refractivity contribution is -0.115. The number of nitrogens with one attached hydrogen (secondary N) is 3. The smallest absolute Gasteiger partial charge is 0.228 e. The fraction of sp³-hybridized carbons (Fsp3) is 0.0690. The number of benzene rings is 1. The number of carbonyl (C=O) groups excluding carboxylic acids is 1. The van der Waals surface area contributed by atoms with E-state index in [0.29, 0.717) is 34.2 Å². The van der Waals surface area contributed by atoms with E-state index >= 15 is 0 Å². The van der Waals surface area contributed by atoms with Crippen molar-refractivity contribution in [2.45, 2.75) is 13.3 Å². The van der Waals surface area contributed by atoms with Crippen LogP contribution in [-0.2, 0) is 11.2 Å². The number of aromatic nitrogens is 9. The second-order valence-corrected chi connectivity index (χ2v) is 9.40. The predicted octanol–water partition coefficient (Wildman–Crippen LogP) is 4.63. The average Bonchev–Trinajstić information content (AvgIpc) is 3.71. The van der Waals surface area contributed by atoms with Crippen LogP contribution in [0.25, 0.3) is 50.5 Å². The molecule has 1 aromatic carbocycles. The molecule has 0 atom stereocenters. The number of pyridine rings is 3. The van der Waals surface area contributed by atoms with Crippen molar-refractivity contribution in [3.63, 3.8) is 0 Å². The van der Waals surface area contributed by atoms with Gasteiger partial charge in [-0.2, -0.15) is 5.10 Å². The van der Waals surface area contributed by atoms with E-state index < -0.39 is 0 Å². The predicted molar refractivity (Wildman–Crippen MR) is 151 cm³/mol. The number of hydrogen-bond acceptors (Lipinski definition) is 7. The fourth-order valence-corrected chi connectivity index (χ4v) is 4.65. The minimum Gasteiger partial charge on any atom is -0.336 e. The topological polar surface area (TPSA) is 143 Å². The van der Waals surface area contributed by atoms with Gasteiger partial charge in [-0.1, -0.05) is 30.3 Å². The Balaban J connectivity index is 1.21. The van der Waals surface area contributed by atoms with Crippen LogP contribution in [0.15, 0.2) is 85.8 Å². The van der Waals surface area contributed by atoms with Gasteiger partial charge in [-0.25, -0.2) is 15.0 Å². The van der Waals surface area contributed by atoms with Crippen LogP contribution in [0, 0.1) is 6.92 Å². The van der Waals surface area contributed by atoms with Gasteiger partial charge in [0, 0.05) is 29.5 Å². The molecule has 0 bridgehead atoms. The summed E-state index contributed by atoms with van der Waals surface area (Å²) in [6, 6.07) is 15.3. The number of aryl methyl sites for hydroxylation is 1. The maximum Gasteiger partial charge on any atom is 0.228 e. The second-order valence-electron chi connectivity index (χ2n) is 9.40. The summed E-state index contributed by atoms with van der Waals surface area (Å²) in [7, 11) is 0. The Kier molecular flexibility index (Phi) is 5.59. The molecule has 6 heterocycles. The van der Waals surface area contributed by atoms with E-state index in [1.54, 1.807) is 31.1 Å². The molecule has 11 nitrogen and oxygen atoms in total. The Morgan fingerprint density at radius 2 is 1.90 bits per heavy atom. The van der Waals surface area contributed by atoms with Crippen LogP contribution < -0.4 is 5.32 Å². The van der Waals surface area contributed by atoms with Gasteiger partial charge >= 0.3 is 0 Å². The Morgan fingerprint density at radius 3 is 2.75 bits per heavy atom. The number of fused-ring (bicyclic) bond motifs is 2. The standard InChI is InChI=1S/C29H22N10O/c1-17-15-39(16-33-17)29-27-22(7-8-31-29)35-28(36-27)26-21-11-23(32-14-24(21)37-38-26)19-10-20(13-30-12-19)34-25(40)9-18-5-3-2-4-6-18/h2-8,10-16H,9H2,1H3,(H,34,40)(H,35,36)(H,37,38). The van der Waals surface area contributed by atoms with Crippen molar-refractivity contribution in [3.05, 3.63) is 97.1 Å². The van der Waals surface area contributed by atoms with Gasteiger partial charge in [-0.3, -0.25) is 24.4 Å². The third-order valence-electron chi connectivity index (χ3n) is 6.53. The highest BCUT2D eigenvalue weighted by Crippen LogP contribution is 2.30. The molecular weight excluding hydrogens is 504 g/mol. The first-order valence-electron chi connectivity index (χ1n) is 12.6. The molecule has 0 unspecified atom stereocenters. The average molecular weight is 527 g/mol. The molecule has 6 aromatic heterocycles. The van der Waals surface area contributed by atoms with E-state index in [1.165, 1.54) is 0 Å². The fourth-order valence-electron chi connectivity index (χ4n) is 4.65. The Labute approximate surface area is 227 Å². The number of carbonyl (C=O) groups is 1. The summed E-state index contributed by atoms with van der Waals surface area (Å²) in [6.07, 6.45) is 10.7. The lowest BCUT2D eigenvalue weighted by Gasteiger charge is -2.07. The quantitative estimate of drug-likeness (QED) is 0.287. The van der Waals surface area contributed by atoms with Gasteiger partial charge < -0.3 is 10.3 Å². The van der Waals surface area contributed by atoms with Gasteiger partial charge in [0.1, 0.15) is 17.5 Å². The molecule has 7 rings (SSSR count). The molecule has 40 heavy (non-hydrogen) atoms. The van der Waals surface area contributed by atoms with Crippen LogP contribution in [0.1, 0.15) is 11.3 Å². The lowest BCUT2D eigenvalue weighted by atomic mass is 10.1. The second kappa shape index (κ2) is 9.55. The minimum absolute atomic E-state index is 0.115. The molecule has 0 aliphatic rings. The van der Waals surface area contributed by atoms with Crippen molar-refractivity contribution in [1.82, 2.24) is 44.7 Å². The molecule has 11 heteroatoms. The van der Waals surface area contributed by atoms with Crippen molar-refractivity contribution in [2.24, 2.45) is 0 Å². The van der Waals surface area contributed by atoms with Gasteiger partial charge in [0.15, 0.2) is 11.6 Å². The molecule has 0 aliphatic heterocycles. The number of aromatic amines is 2. The summed E-state index contributed by atoms with van der Waals surface area (Å²) in [5.41, 5.74) is 6.85. The summed E-state index contributed by atoms with van der Waals surface area (Å²) in [5, 5.41) is 11.3. The first kappa shape index (κ1) is 23.4. The van der Waals surface area contributed by atoms with Crippen molar-refractivity contribution in [3.8, 4) is 28.6 Å². The van der Waals surface area contributed by atoms with Crippen LogP contribution in [0.5, 0.6) is 0 Å². The van der Waals surface area contributed by atoms with Crippen LogP contribution in [0.2, 0.25) is 0 Å². The number of H-pyrrole nitrogens is 2. The van der Waals surface area contributed by atoms with E-state index in [1.807, 2.05) is 66.2 Å². The molecule has 0 saturated heterocycles. The number of rotatable bonds is 6. The third-order valence-corrected chi connectivity index (χ3v) is 6.53. The molecule has 0 spiro atoms. The normalized spacial score (nSPS) is 11.3. The highest BCUT2D eigenvalue weighted by atomic mass is 16.1. The van der Waals surface area contributed by atoms with Crippen molar-refractivity contribution < 1.29 is 4.79 Å². The van der Waals surface area contributed by atoms with Crippen LogP contribution in [-0.4, -0.2) is 50.6 Å². The van der Waals surface area contributed by atoms with Crippen LogP contribution in [0.3, 0.4) is 0 Å². The minimum atomic E-state index is -0.115. The Morgan fingerprint density at radius 1 is 1.00 bits per heavy atom. The van der Waals surface area contributed by atoms with E-state index in [4.69, 9.17) is 4.98 Å². The van der Waals surface area contributed by atoms with Crippen molar-refractivity contribution in [1.29, 1.82) is 0 Å². The molecular formula is C29H22N10O. The Bertz CT molecular complexity index is 2000. The number of imidazole rings is 2. The zero-order valence-electron chi connectivity index (χ0n) is 21.3.